The number of benzene rings is 2. The van der Waals surface area contributed by atoms with Crippen molar-refractivity contribution in [3.8, 4) is 11.3 Å². The highest BCUT2D eigenvalue weighted by atomic mass is 35.5. The lowest BCUT2D eigenvalue weighted by molar-refractivity contribution is 0.0618. The second-order valence-corrected chi connectivity index (χ2v) is 7.57. The molecule has 0 unspecified atom stereocenters. The summed E-state index contributed by atoms with van der Waals surface area (Å²) in [6.45, 7) is 3.89. The molecule has 0 aliphatic carbocycles. The first-order valence-corrected chi connectivity index (χ1v) is 9.83. The van der Waals surface area contributed by atoms with Crippen LogP contribution < -0.4 is 0 Å². The van der Waals surface area contributed by atoms with Crippen molar-refractivity contribution in [1.82, 2.24) is 15.0 Å². The first kappa shape index (κ1) is 19.0. The fraction of sp³-hybridized carbons (Fsp3) is 0.238. The third-order valence-corrected chi connectivity index (χ3v) is 5.58. The maximum atomic E-state index is 12.8. The van der Waals surface area contributed by atoms with E-state index >= 15 is 0 Å². The number of rotatable bonds is 4. The topological polar surface area (TPSA) is 49.6 Å². The van der Waals surface area contributed by atoms with Gasteiger partial charge in [0.05, 0.1) is 10.0 Å². The van der Waals surface area contributed by atoms with Crippen molar-refractivity contribution in [3.63, 3.8) is 0 Å². The Morgan fingerprint density at radius 3 is 2.43 bits per heavy atom. The first-order valence-electron chi connectivity index (χ1n) is 9.08. The summed E-state index contributed by atoms with van der Waals surface area (Å²) in [5, 5.41) is 4.85. The van der Waals surface area contributed by atoms with Gasteiger partial charge in [0.25, 0.3) is 5.91 Å². The number of carbonyl (C=O) groups is 1. The van der Waals surface area contributed by atoms with Gasteiger partial charge in [-0.25, -0.2) is 0 Å². The van der Waals surface area contributed by atoms with Gasteiger partial charge in [0.2, 0.25) is 0 Å². The van der Waals surface area contributed by atoms with Gasteiger partial charge in [-0.3, -0.25) is 9.69 Å². The Morgan fingerprint density at radius 2 is 1.71 bits per heavy atom. The van der Waals surface area contributed by atoms with E-state index < -0.39 is 0 Å². The second kappa shape index (κ2) is 8.35. The summed E-state index contributed by atoms with van der Waals surface area (Å²) < 4.78 is 5.35. The van der Waals surface area contributed by atoms with Crippen molar-refractivity contribution in [2.75, 3.05) is 26.2 Å². The molecule has 1 aliphatic rings. The number of nitrogens with zero attached hydrogens (tertiary/aromatic N) is 3. The normalized spacial score (nSPS) is 15.0. The number of halogens is 2. The van der Waals surface area contributed by atoms with Crippen LogP contribution in [0.3, 0.4) is 0 Å². The molecule has 1 saturated heterocycles. The van der Waals surface area contributed by atoms with Crippen LogP contribution in [-0.2, 0) is 6.54 Å². The third-order valence-electron chi connectivity index (χ3n) is 4.84. The second-order valence-electron chi connectivity index (χ2n) is 6.76. The average molecular weight is 416 g/mol. The molecule has 5 nitrogen and oxygen atoms in total. The van der Waals surface area contributed by atoms with E-state index in [1.807, 2.05) is 23.1 Å². The third kappa shape index (κ3) is 4.22. The molecule has 1 amide bonds. The largest absolute Gasteiger partial charge is 0.355 e. The molecule has 7 heteroatoms. The van der Waals surface area contributed by atoms with Gasteiger partial charge in [-0.05, 0) is 23.8 Å². The molecule has 1 aliphatic heterocycles. The lowest BCUT2D eigenvalue weighted by Gasteiger charge is -2.34. The van der Waals surface area contributed by atoms with Crippen LogP contribution in [0.15, 0.2) is 59.1 Å². The zero-order valence-corrected chi connectivity index (χ0v) is 16.7. The number of hydrogen-bond acceptors (Lipinski definition) is 4. The molecule has 1 fully saturated rings. The maximum absolute atomic E-state index is 12.8. The van der Waals surface area contributed by atoms with E-state index in [-0.39, 0.29) is 5.91 Å². The molecule has 0 spiro atoms. The summed E-state index contributed by atoms with van der Waals surface area (Å²) in [6, 6.07) is 17.2. The van der Waals surface area contributed by atoms with Crippen LogP contribution in [0.5, 0.6) is 0 Å². The molecule has 0 saturated carbocycles. The smallest absolute Gasteiger partial charge is 0.276 e. The standard InChI is InChI=1S/C21H19Cl2N3O2/c22-17-7-6-16(12-18(17)23)20-13-19(24-28-20)21(27)26-10-8-25(9-11-26)14-15-4-2-1-3-5-15/h1-7,12-13H,8-11,14H2. The lowest BCUT2D eigenvalue weighted by Crippen LogP contribution is -2.48. The van der Waals surface area contributed by atoms with Gasteiger partial charge in [0.1, 0.15) is 0 Å². The fourth-order valence-corrected chi connectivity index (χ4v) is 3.57. The monoisotopic (exact) mass is 415 g/mol. The SMILES string of the molecule is O=C(c1cc(-c2ccc(Cl)c(Cl)c2)on1)N1CCN(Cc2ccccc2)CC1. The number of carbonyl (C=O) groups excluding carboxylic acids is 1. The van der Waals surface area contributed by atoms with E-state index in [9.17, 15) is 4.79 Å². The molecule has 2 aromatic carbocycles. The van der Waals surface area contributed by atoms with Gasteiger partial charge >= 0.3 is 0 Å². The highest BCUT2D eigenvalue weighted by molar-refractivity contribution is 6.42. The number of hydrogen-bond donors (Lipinski definition) is 0. The number of aromatic nitrogens is 1. The van der Waals surface area contributed by atoms with Gasteiger partial charge in [0.15, 0.2) is 11.5 Å². The van der Waals surface area contributed by atoms with Crippen molar-refractivity contribution in [3.05, 3.63) is 75.9 Å². The Hall–Kier alpha value is -2.34. The summed E-state index contributed by atoms with van der Waals surface area (Å²) in [5.41, 5.74) is 2.32. The van der Waals surface area contributed by atoms with Crippen LogP contribution >= 0.6 is 23.2 Å². The van der Waals surface area contributed by atoms with Gasteiger partial charge in [-0.1, -0.05) is 58.7 Å². The van der Waals surface area contributed by atoms with Crippen LogP contribution in [-0.4, -0.2) is 47.0 Å². The molecule has 2 heterocycles. The Labute approximate surface area is 173 Å². The predicted molar refractivity (Wildman–Crippen MR) is 110 cm³/mol. The molecular formula is C21H19Cl2N3O2. The van der Waals surface area contributed by atoms with E-state index in [0.717, 1.165) is 25.2 Å². The highest BCUT2D eigenvalue weighted by Crippen LogP contribution is 2.29. The minimum absolute atomic E-state index is 0.116. The minimum Gasteiger partial charge on any atom is -0.355 e. The Kier molecular flexibility index (Phi) is 5.67. The molecule has 0 radical (unpaired) electrons. The Balaban J connectivity index is 1.38. The first-order chi connectivity index (χ1) is 13.6. The van der Waals surface area contributed by atoms with Crippen LogP contribution in [0.4, 0.5) is 0 Å². The summed E-state index contributed by atoms with van der Waals surface area (Å²) in [6.07, 6.45) is 0. The fourth-order valence-electron chi connectivity index (χ4n) is 3.27. The zero-order chi connectivity index (χ0) is 19.5. The molecule has 28 heavy (non-hydrogen) atoms. The minimum atomic E-state index is -0.116. The van der Waals surface area contributed by atoms with Crippen LogP contribution in [0.25, 0.3) is 11.3 Å². The highest BCUT2D eigenvalue weighted by Gasteiger charge is 2.25. The van der Waals surface area contributed by atoms with E-state index in [1.165, 1.54) is 5.56 Å². The Morgan fingerprint density at radius 1 is 0.964 bits per heavy atom. The summed E-state index contributed by atoms with van der Waals surface area (Å²) in [5.74, 6) is 0.374. The zero-order valence-electron chi connectivity index (χ0n) is 15.1. The van der Waals surface area contributed by atoms with Crippen LogP contribution in [0.1, 0.15) is 16.1 Å². The molecule has 0 N–H and O–H groups in total. The number of amides is 1. The summed E-state index contributed by atoms with van der Waals surface area (Å²) in [7, 11) is 0. The quantitative estimate of drug-likeness (QED) is 0.624. The van der Waals surface area contributed by atoms with Crippen molar-refractivity contribution in [2.24, 2.45) is 0 Å². The molecule has 144 valence electrons. The van der Waals surface area contributed by atoms with Crippen LogP contribution in [0, 0.1) is 0 Å². The summed E-state index contributed by atoms with van der Waals surface area (Å²) >= 11 is 12.0. The maximum Gasteiger partial charge on any atom is 0.276 e. The van der Waals surface area contributed by atoms with Crippen molar-refractivity contribution in [2.45, 2.75) is 6.54 Å². The molecule has 0 atom stereocenters. The molecule has 0 bridgehead atoms. The van der Waals surface area contributed by atoms with E-state index in [4.69, 9.17) is 27.7 Å². The van der Waals surface area contributed by atoms with Gasteiger partial charge in [-0.15, -0.1) is 0 Å². The average Bonchev–Trinajstić information content (AvgIpc) is 3.21. The van der Waals surface area contributed by atoms with Crippen molar-refractivity contribution >= 4 is 29.1 Å². The lowest BCUT2D eigenvalue weighted by atomic mass is 10.1. The van der Waals surface area contributed by atoms with E-state index in [2.05, 4.69) is 22.2 Å². The van der Waals surface area contributed by atoms with Crippen molar-refractivity contribution < 1.29 is 9.32 Å². The number of piperazine rings is 1. The van der Waals surface area contributed by atoms with Crippen LogP contribution in [0.2, 0.25) is 10.0 Å². The van der Waals surface area contributed by atoms with Gasteiger partial charge in [0, 0.05) is 44.4 Å². The molecular weight excluding hydrogens is 397 g/mol. The van der Waals surface area contributed by atoms with Gasteiger partial charge in [-0.2, -0.15) is 0 Å². The Bertz CT molecular complexity index is 967. The van der Waals surface area contributed by atoms with E-state index in [1.54, 1.807) is 24.3 Å². The van der Waals surface area contributed by atoms with Crippen molar-refractivity contribution in [1.29, 1.82) is 0 Å². The molecule has 4 rings (SSSR count). The molecule has 3 aromatic rings. The van der Waals surface area contributed by atoms with E-state index in [0.29, 0.717) is 34.6 Å². The van der Waals surface area contributed by atoms with Gasteiger partial charge < -0.3 is 9.42 Å². The predicted octanol–water partition coefficient (Wildman–Crippen LogP) is 4.61. The molecule has 1 aromatic heterocycles. The summed E-state index contributed by atoms with van der Waals surface area (Å²) in [4.78, 5) is 16.9.